The number of carbonyl (C=O) groups is 1. The Hall–Kier alpha value is -1.63. The number of aromatic nitrogens is 3. The van der Waals surface area contributed by atoms with Gasteiger partial charge in [-0.15, -0.1) is 5.10 Å². The van der Waals surface area contributed by atoms with E-state index in [2.05, 4.69) is 15.2 Å². The minimum atomic E-state index is -0.184. The van der Waals surface area contributed by atoms with Gasteiger partial charge in [-0.25, -0.2) is 0 Å². The van der Waals surface area contributed by atoms with Gasteiger partial charge in [-0.05, 0) is 12.8 Å². The topological polar surface area (TPSA) is 97.1 Å². The largest absolute Gasteiger partial charge is 0.381 e. The number of nitrogen functional groups attached to an aromatic ring is 1. The standard InChI is InChI=1S/C9H15N5O2/c1-14(6-2-4-16-5-3-6)8(15)7-11-9(10)13-12-7/h6H,2-5H2,1H3,(H3,10,11,12,13). The molecule has 2 heterocycles. The van der Waals surface area contributed by atoms with Gasteiger partial charge >= 0.3 is 0 Å². The first-order chi connectivity index (χ1) is 7.68. The van der Waals surface area contributed by atoms with Crippen LogP contribution in [0.25, 0.3) is 0 Å². The number of nitrogens with one attached hydrogen (secondary N) is 1. The van der Waals surface area contributed by atoms with Crippen LogP contribution in [0.15, 0.2) is 0 Å². The van der Waals surface area contributed by atoms with E-state index in [1.165, 1.54) is 0 Å². The van der Waals surface area contributed by atoms with Crippen molar-refractivity contribution >= 4 is 11.9 Å². The molecule has 16 heavy (non-hydrogen) atoms. The zero-order valence-corrected chi connectivity index (χ0v) is 9.14. The Kier molecular flexibility index (Phi) is 3.04. The van der Waals surface area contributed by atoms with Crippen LogP contribution < -0.4 is 5.73 Å². The van der Waals surface area contributed by atoms with Gasteiger partial charge < -0.3 is 15.4 Å². The summed E-state index contributed by atoms with van der Waals surface area (Å²) in [7, 11) is 1.76. The minimum Gasteiger partial charge on any atom is -0.381 e. The Morgan fingerprint density at radius 1 is 1.56 bits per heavy atom. The van der Waals surface area contributed by atoms with E-state index in [-0.39, 0.29) is 23.7 Å². The van der Waals surface area contributed by atoms with E-state index >= 15 is 0 Å². The molecule has 1 saturated heterocycles. The summed E-state index contributed by atoms with van der Waals surface area (Å²) in [5.41, 5.74) is 5.35. The Morgan fingerprint density at radius 3 is 2.81 bits per heavy atom. The second-order valence-electron chi connectivity index (χ2n) is 3.80. The maximum absolute atomic E-state index is 12.0. The van der Waals surface area contributed by atoms with Crippen molar-refractivity contribution in [2.75, 3.05) is 26.0 Å². The zero-order valence-electron chi connectivity index (χ0n) is 9.14. The van der Waals surface area contributed by atoms with Gasteiger partial charge in [0.05, 0.1) is 0 Å². The van der Waals surface area contributed by atoms with Crippen molar-refractivity contribution in [2.24, 2.45) is 0 Å². The lowest BCUT2D eigenvalue weighted by Crippen LogP contribution is -2.41. The fourth-order valence-electron chi connectivity index (χ4n) is 1.78. The number of H-pyrrole nitrogens is 1. The number of anilines is 1. The molecular formula is C9H15N5O2. The van der Waals surface area contributed by atoms with Crippen LogP contribution in [-0.2, 0) is 4.74 Å². The molecule has 1 fully saturated rings. The highest BCUT2D eigenvalue weighted by Gasteiger charge is 2.25. The average Bonchev–Trinajstić information content (AvgIpc) is 2.75. The molecule has 1 aromatic rings. The average molecular weight is 225 g/mol. The van der Waals surface area contributed by atoms with E-state index in [4.69, 9.17) is 10.5 Å². The second-order valence-corrected chi connectivity index (χ2v) is 3.80. The summed E-state index contributed by atoms with van der Waals surface area (Å²) >= 11 is 0. The van der Waals surface area contributed by atoms with E-state index < -0.39 is 0 Å². The summed E-state index contributed by atoms with van der Waals surface area (Å²) < 4.78 is 5.25. The third kappa shape index (κ3) is 2.13. The summed E-state index contributed by atoms with van der Waals surface area (Å²) in [5, 5.41) is 6.15. The van der Waals surface area contributed by atoms with Crippen LogP contribution in [0.3, 0.4) is 0 Å². The fourth-order valence-corrected chi connectivity index (χ4v) is 1.78. The van der Waals surface area contributed by atoms with Gasteiger partial charge in [0.25, 0.3) is 5.91 Å². The number of hydrogen-bond acceptors (Lipinski definition) is 5. The van der Waals surface area contributed by atoms with Gasteiger partial charge in [0.2, 0.25) is 11.8 Å². The van der Waals surface area contributed by atoms with Crippen LogP contribution in [0.5, 0.6) is 0 Å². The first kappa shape index (κ1) is 10.9. The first-order valence-corrected chi connectivity index (χ1v) is 5.21. The second kappa shape index (κ2) is 4.48. The third-order valence-electron chi connectivity index (χ3n) is 2.76. The third-order valence-corrected chi connectivity index (χ3v) is 2.76. The maximum Gasteiger partial charge on any atom is 0.291 e. The molecule has 0 bridgehead atoms. The van der Waals surface area contributed by atoms with E-state index in [1.54, 1.807) is 11.9 Å². The summed E-state index contributed by atoms with van der Waals surface area (Å²) in [4.78, 5) is 17.4. The van der Waals surface area contributed by atoms with Crippen LogP contribution in [0.1, 0.15) is 23.5 Å². The molecule has 3 N–H and O–H groups in total. The first-order valence-electron chi connectivity index (χ1n) is 5.21. The summed E-state index contributed by atoms with van der Waals surface area (Å²) in [6.07, 6.45) is 1.71. The molecule has 7 heteroatoms. The molecule has 0 atom stereocenters. The van der Waals surface area contributed by atoms with Crippen molar-refractivity contribution in [1.29, 1.82) is 0 Å². The minimum absolute atomic E-state index is 0.0868. The highest BCUT2D eigenvalue weighted by molar-refractivity contribution is 5.90. The van der Waals surface area contributed by atoms with Crippen molar-refractivity contribution in [3.05, 3.63) is 5.82 Å². The lowest BCUT2D eigenvalue weighted by atomic mass is 10.1. The molecule has 0 spiro atoms. The highest BCUT2D eigenvalue weighted by atomic mass is 16.5. The number of hydrogen-bond donors (Lipinski definition) is 2. The number of rotatable bonds is 2. The molecule has 1 aliphatic rings. The molecule has 88 valence electrons. The monoisotopic (exact) mass is 225 g/mol. The molecule has 0 aromatic carbocycles. The van der Waals surface area contributed by atoms with Crippen molar-refractivity contribution in [2.45, 2.75) is 18.9 Å². The fraction of sp³-hybridized carbons (Fsp3) is 0.667. The van der Waals surface area contributed by atoms with Crippen LogP contribution in [-0.4, -0.2) is 52.3 Å². The molecule has 0 unspecified atom stereocenters. The number of ether oxygens (including phenoxy) is 1. The number of nitrogens with two attached hydrogens (primary N) is 1. The van der Waals surface area contributed by atoms with Crippen LogP contribution in [0.4, 0.5) is 5.95 Å². The van der Waals surface area contributed by atoms with E-state index in [9.17, 15) is 4.79 Å². The Bertz CT molecular complexity index is 372. The van der Waals surface area contributed by atoms with E-state index in [0.717, 1.165) is 12.8 Å². The normalized spacial score (nSPS) is 17.3. The van der Waals surface area contributed by atoms with Crippen LogP contribution in [0, 0.1) is 0 Å². The number of carbonyl (C=O) groups excluding carboxylic acids is 1. The van der Waals surface area contributed by atoms with Gasteiger partial charge in [-0.3, -0.25) is 9.89 Å². The van der Waals surface area contributed by atoms with Gasteiger partial charge in [0.1, 0.15) is 0 Å². The lowest BCUT2D eigenvalue weighted by molar-refractivity contribution is 0.0355. The van der Waals surface area contributed by atoms with Gasteiger partial charge in [-0.2, -0.15) is 4.98 Å². The molecule has 0 radical (unpaired) electrons. The quantitative estimate of drug-likeness (QED) is 0.716. The number of nitrogens with zero attached hydrogens (tertiary/aromatic N) is 3. The van der Waals surface area contributed by atoms with Crippen molar-refractivity contribution in [3.63, 3.8) is 0 Å². The summed E-state index contributed by atoms with van der Waals surface area (Å²) in [6, 6.07) is 0.201. The molecule has 0 saturated carbocycles. The molecule has 7 nitrogen and oxygen atoms in total. The zero-order chi connectivity index (χ0) is 11.5. The van der Waals surface area contributed by atoms with E-state index in [1.807, 2.05) is 0 Å². The molecular weight excluding hydrogens is 210 g/mol. The van der Waals surface area contributed by atoms with Gasteiger partial charge in [0, 0.05) is 26.3 Å². The number of amides is 1. The Balaban J connectivity index is 2.03. The molecule has 2 rings (SSSR count). The summed E-state index contributed by atoms with van der Waals surface area (Å²) in [5.74, 6) is 0.0892. The SMILES string of the molecule is CN(C(=O)c1nc(N)n[nH]1)C1CCOCC1. The van der Waals surface area contributed by atoms with Gasteiger partial charge in [-0.1, -0.05) is 0 Å². The highest BCUT2D eigenvalue weighted by Crippen LogP contribution is 2.14. The molecule has 0 aliphatic carbocycles. The van der Waals surface area contributed by atoms with E-state index in [0.29, 0.717) is 13.2 Å². The van der Waals surface area contributed by atoms with Gasteiger partial charge in [0.15, 0.2) is 0 Å². The lowest BCUT2D eigenvalue weighted by Gasteiger charge is -2.30. The predicted molar refractivity (Wildman–Crippen MR) is 56.7 cm³/mol. The van der Waals surface area contributed by atoms with Crippen LogP contribution in [0.2, 0.25) is 0 Å². The molecule has 1 aromatic heterocycles. The van der Waals surface area contributed by atoms with Crippen molar-refractivity contribution < 1.29 is 9.53 Å². The van der Waals surface area contributed by atoms with Crippen LogP contribution >= 0.6 is 0 Å². The molecule has 1 amide bonds. The van der Waals surface area contributed by atoms with Crippen molar-refractivity contribution in [3.8, 4) is 0 Å². The Labute approximate surface area is 93.0 Å². The maximum atomic E-state index is 12.0. The Morgan fingerprint density at radius 2 is 2.25 bits per heavy atom. The van der Waals surface area contributed by atoms with Crippen molar-refractivity contribution in [1.82, 2.24) is 20.1 Å². The predicted octanol–water partition coefficient (Wildman–Crippen LogP) is -0.362. The number of aromatic amines is 1. The smallest absolute Gasteiger partial charge is 0.291 e. The summed E-state index contributed by atoms with van der Waals surface area (Å²) in [6.45, 7) is 1.39. The molecule has 1 aliphatic heterocycles.